The van der Waals surface area contributed by atoms with Gasteiger partial charge in [0.05, 0.1) is 0 Å². The Bertz CT molecular complexity index is 600. The van der Waals surface area contributed by atoms with Gasteiger partial charge in [-0.05, 0) is 31.7 Å². The van der Waals surface area contributed by atoms with E-state index >= 15 is 0 Å². The molecule has 2 aliphatic rings. The number of piperidine rings is 1. The Morgan fingerprint density at radius 1 is 1.24 bits per heavy atom. The molecule has 1 amide bonds. The quantitative estimate of drug-likeness (QED) is 0.587. The van der Waals surface area contributed by atoms with Crippen molar-refractivity contribution >= 4 is 17.8 Å². The van der Waals surface area contributed by atoms with Gasteiger partial charge in [-0.15, -0.1) is 0 Å². The fourth-order valence-corrected chi connectivity index (χ4v) is 2.77. The fourth-order valence-electron chi connectivity index (χ4n) is 2.77. The van der Waals surface area contributed by atoms with Crippen LogP contribution in [0.1, 0.15) is 25.7 Å². The third kappa shape index (κ3) is 5.30. The number of rotatable bonds is 5. The summed E-state index contributed by atoms with van der Waals surface area (Å²) in [5, 5.41) is 6.90. The predicted octanol–water partition coefficient (Wildman–Crippen LogP) is 0.231. The molecule has 0 bridgehead atoms. The summed E-state index contributed by atoms with van der Waals surface area (Å²) in [6, 6.07) is 2.57. The van der Waals surface area contributed by atoms with Gasteiger partial charge >= 0.3 is 0 Å². The SMILES string of the molecule is CN(C)C(=O)CN=C(NC1CC1)NC1CCCN(c2ncccn2)C1. The first-order chi connectivity index (χ1) is 12.1. The van der Waals surface area contributed by atoms with Gasteiger partial charge in [0.2, 0.25) is 11.9 Å². The number of hydrogen-bond acceptors (Lipinski definition) is 5. The zero-order valence-corrected chi connectivity index (χ0v) is 15.0. The number of aliphatic imine (C=N–C) groups is 1. The third-order valence-electron chi connectivity index (χ3n) is 4.39. The van der Waals surface area contributed by atoms with E-state index in [0.717, 1.165) is 50.7 Å². The fraction of sp³-hybridized carbons (Fsp3) is 0.647. The van der Waals surface area contributed by atoms with Gasteiger partial charge in [0.25, 0.3) is 0 Å². The lowest BCUT2D eigenvalue weighted by Crippen LogP contribution is -2.52. The van der Waals surface area contributed by atoms with Crippen LogP contribution in [-0.2, 0) is 4.79 Å². The van der Waals surface area contributed by atoms with Crippen molar-refractivity contribution in [3.05, 3.63) is 18.5 Å². The van der Waals surface area contributed by atoms with Crippen LogP contribution in [0.15, 0.2) is 23.5 Å². The number of nitrogens with zero attached hydrogens (tertiary/aromatic N) is 5. The minimum atomic E-state index is -0.000136. The molecule has 1 unspecified atom stereocenters. The van der Waals surface area contributed by atoms with E-state index in [4.69, 9.17) is 0 Å². The monoisotopic (exact) mass is 345 g/mol. The average Bonchev–Trinajstić information content (AvgIpc) is 3.44. The highest BCUT2D eigenvalue weighted by molar-refractivity contribution is 5.85. The zero-order valence-electron chi connectivity index (χ0n) is 15.0. The largest absolute Gasteiger partial charge is 0.354 e. The Labute approximate surface area is 148 Å². The molecule has 0 spiro atoms. The molecule has 8 nitrogen and oxygen atoms in total. The Morgan fingerprint density at radius 3 is 2.64 bits per heavy atom. The molecule has 136 valence electrons. The number of aromatic nitrogens is 2. The van der Waals surface area contributed by atoms with Gasteiger partial charge in [0, 0.05) is 51.7 Å². The van der Waals surface area contributed by atoms with Crippen molar-refractivity contribution in [2.24, 2.45) is 4.99 Å². The van der Waals surface area contributed by atoms with Gasteiger partial charge in [-0.3, -0.25) is 4.79 Å². The van der Waals surface area contributed by atoms with Crippen LogP contribution in [0.2, 0.25) is 0 Å². The zero-order chi connectivity index (χ0) is 17.6. The van der Waals surface area contributed by atoms with Crippen molar-refractivity contribution in [2.75, 3.05) is 38.6 Å². The molecule has 1 aliphatic heterocycles. The van der Waals surface area contributed by atoms with Gasteiger partial charge in [-0.1, -0.05) is 0 Å². The summed E-state index contributed by atoms with van der Waals surface area (Å²) in [6.45, 7) is 1.95. The highest BCUT2D eigenvalue weighted by Gasteiger charge is 2.26. The van der Waals surface area contributed by atoms with Crippen molar-refractivity contribution < 1.29 is 4.79 Å². The molecule has 2 fully saturated rings. The number of hydrogen-bond donors (Lipinski definition) is 2. The summed E-state index contributed by atoms with van der Waals surface area (Å²) >= 11 is 0. The van der Waals surface area contributed by atoms with Crippen LogP contribution in [0.5, 0.6) is 0 Å². The van der Waals surface area contributed by atoms with E-state index in [1.165, 1.54) is 0 Å². The molecule has 1 saturated carbocycles. The minimum Gasteiger partial charge on any atom is -0.354 e. The van der Waals surface area contributed by atoms with Crippen LogP contribution >= 0.6 is 0 Å². The van der Waals surface area contributed by atoms with E-state index in [1.54, 1.807) is 31.4 Å². The lowest BCUT2D eigenvalue weighted by Gasteiger charge is -2.33. The van der Waals surface area contributed by atoms with Gasteiger partial charge in [-0.2, -0.15) is 0 Å². The van der Waals surface area contributed by atoms with Crippen LogP contribution in [0.25, 0.3) is 0 Å². The number of likely N-dealkylation sites (N-methyl/N-ethyl adjacent to an activating group) is 1. The van der Waals surface area contributed by atoms with Gasteiger partial charge in [0.1, 0.15) is 6.54 Å². The number of carbonyl (C=O) groups excluding carboxylic acids is 1. The predicted molar refractivity (Wildman–Crippen MR) is 97.6 cm³/mol. The molecule has 25 heavy (non-hydrogen) atoms. The van der Waals surface area contributed by atoms with Crippen LogP contribution < -0.4 is 15.5 Å². The first-order valence-corrected chi connectivity index (χ1v) is 8.91. The van der Waals surface area contributed by atoms with Gasteiger partial charge in [0.15, 0.2) is 5.96 Å². The third-order valence-corrected chi connectivity index (χ3v) is 4.39. The van der Waals surface area contributed by atoms with Crippen molar-refractivity contribution in [3.8, 4) is 0 Å². The van der Waals surface area contributed by atoms with Crippen LogP contribution in [-0.4, -0.2) is 72.5 Å². The van der Waals surface area contributed by atoms with Crippen LogP contribution in [0.4, 0.5) is 5.95 Å². The van der Waals surface area contributed by atoms with Gasteiger partial charge in [-0.25, -0.2) is 15.0 Å². The van der Waals surface area contributed by atoms with Crippen LogP contribution in [0.3, 0.4) is 0 Å². The maximum absolute atomic E-state index is 11.8. The Morgan fingerprint density at radius 2 is 1.96 bits per heavy atom. The standard InChI is InChI=1S/C17H27N7O/c1-23(2)15(25)11-20-16(21-13-6-7-13)22-14-5-3-10-24(12-14)17-18-8-4-9-19-17/h4,8-9,13-14H,3,5-7,10-12H2,1-2H3,(H2,20,21,22). The topological polar surface area (TPSA) is 85.8 Å². The van der Waals surface area contributed by atoms with Crippen molar-refractivity contribution in [1.29, 1.82) is 0 Å². The van der Waals surface area contributed by atoms with E-state index < -0.39 is 0 Å². The van der Waals surface area contributed by atoms with E-state index in [9.17, 15) is 4.79 Å². The molecule has 1 aliphatic carbocycles. The number of carbonyl (C=O) groups is 1. The maximum atomic E-state index is 11.8. The summed E-state index contributed by atoms with van der Waals surface area (Å²) < 4.78 is 0. The summed E-state index contributed by atoms with van der Waals surface area (Å²) in [4.78, 5) is 28.7. The summed E-state index contributed by atoms with van der Waals surface area (Å²) in [6.07, 6.45) is 8.01. The normalized spacial score (nSPS) is 21.0. The maximum Gasteiger partial charge on any atom is 0.243 e. The van der Waals surface area contributed by atoms with E-state index in [0.29, 0.717) is 6.04 Å². The van der Waals surface area contributed by atoms with Crippen molar-refractivity contribution in [1.82, 2.24) is 25.5 Å². The van der Waals surface area contributed by atoms with Crippen molar-refractivity contribution in [3.63, 3.8) is 0 Å². The highest BCUT2D eigenvalue weighted by Crippen LogP contribution is 2.19. The molecular formula is C17H27N7O. The molecule has 0 radical (unpaired) electrons. The second-order valence-electron chi connectivity index (χ2n) is 6.85. The number of anilines is 1. The molecule has 1 aromatic heterocycles. The van der Waals surface area contributed by atoms with Crippen molar-refractivity contribution in [2.45, 2.75) is 37.8 Å². The second kappa shape index (κ2) is 8.13. The molecule has 0 aromatic carbocycles. The van der Waals surface area contributed by atoms with Crippen LogP contribution in [0, 0.1) is 0 Å². The lowest BCUT2D eigenvalue weighted by atomic mass is 10.1. The number of guanidine groups is 1. The Balaban J connectivity index is 1.60. The molecule has 1 aromatic rings. The molecule has 1 atom stereocenters. The Kier molecular flexibility index (Phi) is 5.67. The summed E-state index contributed by atoms with van der Waals surface area (Å²) in [5.74, 6) is 1.50. The van der Waals surface area contributed by atoms with E-state index in [1.807, 2.05) is 6.07 Å². The highest BCUT2D eigenvalue weighted by atomic mass is 16.2. The lowest BCUT2D eigenvalue weighted by molar-refractivity contribution is -0.127. The first kappa shape index (κ1) is 17.4. The molecule has 2 N–H and O–H groups in total. The molecule has 2 heterocycles. The molecule has 1 saturated heterocycles. The smallest absolute Gasteiger partial charge is 0.243 e. The molecule has 8 heteroatoms. The van der Waals surface area contributed by atoms with E-state index in [-0.39, 0.29) is 18.5 Å². The minimum absolute atomic E-state index is 0.000136. The number of nitrogens with one attached hydrogen (secondary N) is 2. The first-order valence-electron chi connectivity index (χ1n) is 8.91. The Hall–Kier alpha value is -2.38. The molecule has 3 rings (SSSR count). The average molecular weight is 345 g/mol. The summed E-state index contributed by atoms with van der Waals surface area (Å²) in [5.41, 5.74) is 0. The van der Waals surface area contributed by atoms with Gasteiger partial charge < -0.3 is 20.4 Å². The molecular weight excluding hydrogens is 318 g/mol. The summed E-state index contributed by atoms with van der Waals surface area (Å²) in [7, 11) is 3.50. The van der Waals surface area contributed by atoms with E-state index in [2.05, 4.69) is 30.5 Å². The number of amides is 1. The second-order valence-corrected chi connectivity index (χ2v) is 6.85.